The molecule has 8 nitrogen and oxygen atoms in total. The van der Waals surface area contributed by atoms with E-state index >= 15 is 0 Å². The Morgan fingerprint density at radius 3 is 1.53 bits per heavy atom. The smallest absolute Gasteiger partial charge is 0.223 e. The molecular weight excluding hydrogens is 536 g/mol. The molecule has 2 aromatic heterocycles. The van der Waals surface area contributed by atoms with Crippen LogP contribution in [-0.2, 0) is 28.9 Å². The number of nitrogens with one attached hydrogen (secondary N) is 4. The molecule has 2 amide bonds. The van der Waals surface area contributed by atoms with E-state index < -0.39 is 0 Å². The third-order valence-corrected chi connectivity index (χ3v) is 9.33. The fourth-order valence-electron chi connectivity index (χ4n) is 6.86. The van der Waals surface area contributed by atoms with Crippen molar-refractivity contribution in [2.75, 3.05) is 13.1 Å². The minimum Gasteiger partial charge on any atom is -0.356 e. The molecule has 0 spiro atoms. The highest BCUT2D eigenvalue weighted by Crippen LogP contribution is 2.25. The fraction of sp³-hybridized carbons (Fsp3) is 0.543. The van der Waals surface area contributed by atoms with Crippen molar-refractivity contribution >= 4 is 33.9 Å². The van der Waals surface area contributed by atoms with Gasteiger partial charge in [0.25, 0.3) is 0 Å². The molecule has 4 aromatic rings. The predicted molar refractivity (Wildman–Crippen MR) is 171 cm³/mol. The van der Waals surface area contributed by atoms with E-state index in [4.69, 9.17) is 9.97 Å². The van der Waals surface area contributed by atoms with Crippen molar-refractivity contribution in [1.29, 1.82) is 0 Å². The molecule has 2 fully saturated rings. The molecule has 0 atom stereocenters. The van der Waals surface area contributed by atoms with Crippen LogP contribution in [0.3, 0.4) is 0 Å². The van der Waals surface area contributed by atoms with Crippen LogP contribution >= 0.6 is 0 Å². The number of nitrogens with zero attached hydrogens (tertiary/aromatic N) is 2. The lowest BCUT2D eigenvalue weighted by molar-refractivity contribution is -0.126. The number of hydrogen-bond acceptors (Lipinski definition) is 4. The number of hydrogen-bond donors (Lipinski definition) is 4. The molecule has 2 aromatic carbocycles. The molecule has 2 aliphatic rings. The van der Waals surface area contributed by atoms with E-state index in [1.807, 2.05) is 0 Å². The topological polar surface area (TPSA) is 116 Å². The van der Waals surface area contributed by atoms with Crippen LogP contribution in [0.5, 0.6) is 0 Å². The molecular formula is C35H46N6O2. The summed E-state index contributed by atoms with van der Waals surface area (Å²) in [5.41, 5.74) is 6.53. The van der Waals surface area contributed by atoms with Crippen molar-refractivity contribution in [3.63, 3.8) is 0 Å². The highest BCUT2D eigenvalue weighted by Gasteiger charge is 2.21. The minimum absolute atomic E-state index is 0.213. The highest BCUT2D eigenvalue weighted by atomic mass is 16.2. The summed E-state index contributed by atoms with van der Waals surface area (Å²) in [6, 6.07) is 12.9. The number of amides is 2. The number of aryl methyl sites for hydroxylation is 2. The number of H-pyrrole nitrogens is 2. The molecule has 2 aliphatic carbocycles. The van der Waals surface area contributed by atoms with Crippen molar-refractivity contribution in [2.45, 2.75) is 96.3 Å². The number of carbonyl (C=O) groups excluding carboxylic acids is 2. The molecule has 0 unspecified atom stereocenters. The molecule has 0 aliphatic heterocycles. The van der Waals surface area contributed by atoms with Gasteiger partial charge < -0.3 is 20.6 Å². The van der Waals surface area contributed by atoms with Crippen molar-refractivity contribution in [3.05, 3.63) is 59.2 Å². The first-order chi connectivity index (χ1) is 21.1. The van der Waals surface area contributed by atoms with E-state index in [1.54, 1.807) is 0 Å². The lowest BCUT2D eigenvalue weighted by atomic mass is 9.89. The van der Waals surface area contributed by atoms with E-state index in [1.165, 1.54) is 49.7 Å². The maximum Gasteiger partial charge on any atom is 0.223 e. The van der Waals surface area contributed by atoms with Crippen LogP contribution in [0, 0.1) is 11.8 Å². The summed E-state index contributed by atoms with van der Waals surface area (Å²) < 4.78 is 0. The average molecular weight is 583 g/mol. The molecule has 4 N–H and O–H groups in total. The molecule has 43 heavy (non-hydrogen) atoms. The van der Waals surface area contributed by atoms with Crippen LogP contribution in [0.15, 0.2) is 36.4 Å². The summed E-state index contributed by atoms with van der Waals surface area (Å²) >= 11 is 0. The number of carbonyl (C=O) groups is 2. The minimum atomic E-state index is 0.213. The molecule has 0 saturated heterocycles. The van der Waals surface area contributed by atoms with E-state index in [9.17, 15) is 9.59 Å². The number of aromatic nitrogens is 4. The zero-order valence-corrected chi connectivity index (χ0v) is 25.4. The van der Waals surface area contributed by atoms with Crippen molar-refractivity contribution in [3.8, 4) is 0 Å². The molecule has 8 heteroatoms. The van der Waals surface area contributed by atoms with Crippen LogP contribution in [0.25, 0.3) is 22.1 Å². The molecule has 6 rings (SSSR count). The standard InChI is InChI=1S/C35H46N6O2/c42-34(26-9-3-1-4-10-26)36-19-7-13-32-38-28-17-15-24(22-30(28)40-32)21-25-16-18-29-31(23-25)41-33(39-29)14-8-20-37-35(43)27-11-5-2-6-12-27/h15-18,22-23,26-27H,1-14,19-21H2,(H,36,42)(H,37,43)(H,38,40)(H,39,41). The summed E-state index contributed by atoms with van der Waals surface area (Å²) in [7, 11) is 0. The van der Waals surface area contributed by atoms with Crippen LogP contribution in [0.4, 0.5) is 0 Å². The van der Waals surface area contributed by atoms with Crippen LogP contribution in [0.1, 0.15) is 99.8 Å². The second-order valence-electron chi connectivity index (χ2n) is 12.7. The first-order valence-electron chi connectivity index (χ1n) is 16.6. The third kappa shape index (κ3) is 7.84. The Balaban J connectivity index is 0.974. The Labute approximate surface area is 254 Å². The van der Waals surface area contributed by atoms with Crippen LogP contribution in [0.2, 0.25) is 0 Å². The van der Waals surface area contributed by atoms with Gasteiger partial charge >= 0.3 is 0 Å². The first-order valence-corrected chi connectivity index (χ1v) is 16.6. The summed E-state index contributed by atoms with van der Waals surface area (Å²) in [5.74, 6) is 2.83. The monoisotopic (exact) mass is 582 g/mol. The summed E-state index contributed by atoms with van der Waals surface area (Å²) in [6.45, 7) is 1.40. The Morgan fingerprint density at radius 1 is 0.651 bits per heavy atom. The van der Waals surface area contributed by atoms with Gasteiger partial charge in [0.1, 0.15) is 11.6 Å². The number of aromatic amines is 2. The van der Waals surface area contributed by atoms with Gasteiger partial charge in [0, 0.05) is 37.8 Å². The lowest BCUT2D eigenvalue weighted by Gasteiger charge is -2.20. The highest BCUT2D eigenvalue weighted by molar-refractivity contribution is 5.79. The van der Waals surface area contributed by atoms with Gasteiger partial charge in [0.2, 0.25) is 11.8 Å². The normalized spacial score (nSPS) is 16.6. The van der Waals surface area contributed by atoms with E-state index in [2.05, 4.69) is 57.0 Å². The zero-order chi connectivity index (χ0) is 29.4. The van der Waals surface area contributed by atoms with Crippen molar-refractivity contribution in [1.82, 2.24) is 30.6 Å². The van der Waals surface area contributed by atoms with Gasteiger partial charge in [0.15, 0.2) is 0 Å². The van der Waals surface area contributed by atoms with Crippen molar-refractivity contribution < 1.29 is 9.59 Å². The van der Waals surface area contributed by atoms with E-state index in [0.717, 1.165) is 91.5 Å². The second-order valence-corrected chi connectivity index (χ2v) is 12.7. The van der Waals surface area contributed by atoms with Gasteiger partial charge in [-0.1, -0.05) is 50.7 Å². The largest absolute Gasteiger partial charge is 0.356 e. The van der Waals surface area contributed by atoms with Gasteiger partial charge in [-0.2, -0.15) is 0 Å². The number of benzene rings is 2. The summed E-state index contributed by atoms with van der Waals surface area (Å²) in [6.07, 6.45) is 15.6. The predicted octanol–water partition coefficient (Wildman–Crippen LogP) is 6.29. The molecule has 2 heterocycles. The Morgan fingerprint density at radius 2 is 1.09 bits per heavy atom. The third-order valence-electron chi connectivity index (χ3n) is 9.33. The van der Waals surface area contributed by atoms with E-state index in [0.29, 0.717) is 13.1 Å². The number of rotatable bonds is 12. The fourth-order valence-corrected chi connectivity index (χ4v) is 6.86. The Kier molecular flexibility index (Phi) is 9.70. The van der Waals surface area contributed by atoms with Gasteiger partial charge in [-0.05, 0) is 80.3 Å². The van der Waals surface area contributed by atoms with Crippen LogP contribution < -0.4 is 10.6 Å². The molecule has 0 radical (unpaired) electrons. The Bertz CT molecular complexity index is 1410. The number of imidazole rings is 2. The second kappa shape index (κ2) is 14.2. The first kappa shape index (κ1) is 29.4. The summed E-state index contributed by atoms with van der Waals surface area (Å²) in [5, 5.41) is 6.26. The van der Waals surface area contributed by atoms with E-state index in [-0.39, 0.29) is 23.7 Å². The quantitative estimate of drug-likeness (QED) is 0.147. The van der Waals surface area contributed by atoms with Gasteiger partial charge in [-0.25, -0.2) is 9.97 Å². The molecule has 0 bridgehead atoms. The lowest BCUT2D eigenvalue weighted by Crippen LogP contribution is -2.32. The maximum absolute atomic E-state index is 12.4. The van der Waals surface area contributed by atoms with Crippen LogP contribution in [-0.4, -0.2) is 44.8 Å². The SMILES string of the molecule is O=C(NCCCc1nc2ccc(Cc3ccc4nc(CCCNC(=O)C5CCCCC5)[nH]c4c3)cc2[nH]1)C1CCCCC1. The maximum atomic E-state index is 12.4. The average Bonchev–Trinajstić information content (AvgIpc) is 3.64. The molecule has 228 valence electrons. The zero-order valence-electron chi connectivity index (χ0n) is 25.4. The van der Waals surface area contributed by atoms with Gasteiger partial charge in [0.05, 0.1) is 22.1 Å². The Hall–Kier alpha value is -3.68. The molecule has 2 saturated carbocycles. The van der Waals surface area contributed by atoms with Gasteiger partial charge in [-0.3, -0.25) is 9.59 Å². The van der Waals surface area contributed by atoms with Crippen molar-refractivity contribution in [2.24, 2.45) is 11.8 Å². The van der Waals surface area contributed by atoms with Gasteiger partial charge in [-0.15, -0.1) is 0 Å². The summed E-state index contributed by atoms with van der Waals surface area (Å²) in [4.78, 5) is 41.3. The number of fused-ring (bicyclic) bond motifs is 2.